The van der Waals surface area contributed by atoms with E-state index in [9.17, 15) is 14.7 Å². The lowest BCUT2D eigenvalue weighted by molar-refractivity contribution is -0.313. The Labute approximate surface area is 128 Å². The summed E-state index contributed by atoms with van der Waals surface area (Å²) < 4.78 is 5.82. The summed E-state index contributed by atoms with van der Waals surface area (Å²) in [6.45, 7) is 2.88. The Balaban J connectivity index is 1.61. The normalized spacial score (nSPS) is 35.2. The third-order valence-electron chi connectivity index (χ3n) is 4.94. The van der Waals surface area contributed by atoms with E-state index in [-0.39, 0.29) is 5.91 Å². The third kappa shape index (κ3) is 1.75. The fourth-order valence-corrected chi connectivity index (χ4v) is 3.90. The van der Waals surface area contributed by atoms with Gasteiger partial charge in [-0.2, -0.15) is 0 Å². The van der Waals surface area contributed by atoms with Crippen LogP contribution in [0.5, 0.6) is 0 Å². The van der Waals surface area contributed by atoms with Gasteiger partial charge in [-0.3, -0.25) is 4.79 Å². The lowest BCUT2D eigenvalue weighted by Crippen LogP contribution is -2.45. The van der Waals surface area contributed by atoms with Crippen LogP contribution in [-0.2, 0) is 20.9 Å². The van der Waals surface area contributed by atoms with Crippen LogP contribution in [0, 0.1) is 18.8 Å². The van der Waals surface area contributed by atoms with Crippen molar-refractivity contribution in [3.63, 3.8) is 0 Å². The lowest BCUT2D eigenvalue weighted by Gasteiger charge is -2.24. The van der Waals surface area contributed by atoms with E-state index in [4.69, 9.17) is 4.74 Å². The SMILES string of the molecule is Cc1ccc(CN2C[C@]34C=C[C@H](O3)[C@H](C(=O)[O-])[C@@H]4C2=O)cc1. The average Bonchev–Trinajstić information content (AvgIpc) is 3.10. The number of rotatable bonds is 3. The Morgan fingerprint density at radius 1 is 1.41 bits per heavy atom. The first-order valence-corrected chi connectivity index (χ1v) is 7.42. The quantitative estimate of drug-likeness (QED) is 0.738. The van der Waals surface area contributed by atoms with Crippen LogP contribution in [0.4, 0.5) is 0 Å². The molecule has 0 saturated carbocycles. The molecule has 3 aliphatic rings. The molecule has 22 heavy (non-hydrogen) atoms. The fraction of sp³-hybridized carbons (Fsp3) is 0.412. The van der Waals surface area contributed by atoms with E-state index in [0.29, 0.717) is 13.1 Å². The monoisotopic (exact) mass is 298 g/mol. The second-order valence-electron chi connectivity index (χ2n) is 6.40. The van der Waals surface area contributed by atoms with Crippen molar-refractivity contribution < 1.29 is 19.4 Å². The summed E-state index contributed by atoms with van der Waals surface area (Å²) in [6.07, 6.45) is 3.08. The minimum absolute atomic E-state index is 0.151. The van der Waals surface area contributed by atoms with Gasteiger partial charge in [0.15, 0.2) is 0 Å². The Bertz CT molecular complexity index is 680. The van der Waals surface area contributed by atoms with E-state index in [1.54, 1.807) is 11.0 Å². The topological polar surface area (TPSA) is 69.7 Å². The predicted octanol–water partition coefficient (Wildman–Crippen LogP) is 0.0269. The van der Waals surface area contributed by atoms with E-state index in [2.05, 4.69) is 0 Å². The van der Waals surface area contributed by atoms with Gasteiger partial charge in [0.2, 0.25) is 5.91 Å². The van der Waals surface area contributed by atoms with Gasteiger partial charge >= 0.3 is 0 Å². The molecule has 0 N–H and O–H groups in total. The van der Waals surface area contributed by atoms with Gasteiger partial charge in [-0.05, 0) is 12.5 Å². The van der Waals surface area contributed by atoms with E-state index < -0.39 is 29.5 Å². The second-order valence-corrected chi connectivity index (χ2v) is 6.40. The maximum Gasteiger partial charge on any atom is 0.230 e. The second kappa shape index (κ2) is 4.43. The van der Waals surface area contributed by atoms with Crippen molar-refractivity contribution in [3.8, 4) is 0 Å². The molecule has 0 radical (unpaired) electrons. The molecule has 114 valence electrons. The molecule has 0 aromatic heterocycles. The number of aryl methyl sites for hydroxylation is 1. The number of fused-ring (bicyclic) bond motifs is 1. The number of nitrogens with zero attached hydrogens (tertiary/aromatic N) is 1. The van der Waals surface area contributed by atoms with Crippen molar-refractivity contribution in [3.05, 3.63) is 47.5 Å². The van der Waals surface area contributed by atoms with E-state index in [0.717, 1.165) is 11.1 Å². The molecule has 2 saturated heterocycles. The summed E-state index contributed by atoms with van der Waals surface area (Å²) >= 11 is 0. The highest BCUT2D eigenvalue weighted by atomic mass is 16.5. The molecule has 3 heterocycles. The zero-order valence-corrected chi connectivity index (χ0v) is 12.2. The van der Waals surface area contributed by atoms with Crippen molar-refractivity contribution in [1.82, 2.24) is 4.90 Å². The molecule has 4 rings (SSSR count). The van der Waals surface area contributed by atoms with Gasteiger partial charge in [0.25, 0.3) is 0 Å². The van der Waals surface area contributed by atoms with Crippen LogP contribution in [0.15, 0.2) is 36.4 Å². The van der Waals surface area contributed by atoms with Gasteiger partial charge in [-0.25, -0.2) is 0 Å². The minimum atomic E-state index is -1.20. The van der Waals surface area contributed by atoms with E-state index in [1.807, 2.05) is 37.3 Å². The maximum absolute atomic E-state index is 12.7. The number of carboxylic acid groups (broad SMARTS) is 1. The van der Waals surface area contributed by atoms with Crippen LogP contribution >= 0.6 is 0 Å². The van der Waals surface area contributed by atoms with Crippen LogP contribution < -0.4 is 5.11 Å². The standard InChI is InChI=1S/C17H17NO4/c1-10-2-4-11(5-3-10)8-18-9-17-7-6-12(22-17)13(16(20)21)14(17)15(18)19/h2-7,12-14H,8-9H2,1H3,(H,20,21)/p-1/t12-,13-,14+,17-/m0/s1. The molecule has 4 atom stereocenters. The van der Waals surface area contributed by atoms with E-state index in [1.165, 1.54) is 0 Å². The van der Waals surface area contributed by atoms with E-state index >= 15 is 0 Å². The summed E-state index contributed by atoms with van der Waals surface area (Å²) in [5.41, 5.74) is 1.41. The largest absolute Gasteiger partial charge is 0.550 e. The van der Waals surface area contributed by atoms with Crippen LogP contribution in [0.1, 0.15) is 11.1 Å². The number of carbonyl (C=O) groups is 2. The van der Waals surface area contributed by atoms with Gasteiger partial charge in [0.05, 0.1) is 18.6 Å². The zero-order valence-electron chi connectivity index (χ0n) is 12.2. The molecule has 0 unspecified atom stereocenters. The van der Waals surface area contributed by atoms with Gasteiger partial charge in [-0.1, -0.05) is 42.0 Å². The van der Waals surface area contributed by atoms with Gasteiger partial charge in [0, 0.05) is 18.4 Å². The zero-order chi connectivity index (χ0) is 15.5. The van der Waals surface area contributed by atoms with Gasteiger partial charge < -0.3 is 19.5 Å². The Morgan fingerprint density at radius 2 is 2.14 bits per heavy atom. The minimum Gasteiger partial charge on any atom is -0.550 e. The summed E-state index contributed by atoms with van der Waals surface area (Å²) in [5.74, 6) is -2.88. The van der Waals surface area contributed by atoms with Crippen LogP contribution in [0.25, 0.3) is 0 Å². The maximum atomic E-state index is 12.7. The molecule has 5 heteroatoms. The molecule has 1 aromatic rings. The molecule has 1 aromatic carbocycles. The van der Waals surface area contributed by atoms with Crippen molar-refractivity contribution in [2.75, 3.05) is 6.54 Å². The number of ether oxygens (including phenoxy) is 1. The van der Waals surface area contributed by atoms with Crippen LogP contribution in [0.2, 0.25) is 0 Å². The van der Waals surface area contributed by atoms with Crippen molar-refractivity contribution in [2.24, 2.45) is 11.8 Å². The number of amides is 1. The first-order chi connectivity index (χ1) is 10.5. The first kappa shape index (κ1) is 13.5. The summed E-state index contributed by atoms with van der Waals surface area (Å²) in [5, 5.41) is 11.4. The van der Waals surface area contributed by atoms with Gasteiger partial charge in [0.1, 0.15) is 5.60 Å². The average molecular weight is 298 g/mol. The number of likely N-dealkylation sites (tertiary alicyclic amines) is 1. The Morgan fingerprint density at radius 3 is 2.82 bits per heavy atom. The molecular weight excluding hydrogens is 282 g/mol. The Hall–Kier alpha value is -2.14. The molecule has 2 bridgehead atoms. The molecular formula is C17H16NO4-. The molecule has 1 amide bonds. The van der Waals surface area contributed by atoms with Crippen molar-refractivity contribution >= 4 is 11.9 Å². The van der Waals surface area contributed by atoms with Crippen LogP contribution in [-0.4, -0.2) is 35.0 Å². The number of hydrogen-bond acceptors (Lipinski definition) is 4. The molecule has 2 fully saturated rings. The predicted molar refractivity (Wildman–Crippen MR) is 75.3 cm³/mol. The first-order valence-electron chi connectivity index (χ1n) is 7.42. The van der Waals surface area contributed by atoms with Crippen LogP contribution in [0.3, 0.4) is 0 Å². The molecule has 0 aliphatic carbocycles. The number of hydrogen-bond donors (Lipinski definition) is 0. The molecule has 1 spiro atoms. The highest BCUT2D eigenvalue weighted by Gasteiger charge is 2.65. The summed E-state index contributed by atoms with van der Waals surface area (Å²) in [6, 6.07) is 7.97. The highest BCUT2D eigenvalue weighted by Crippen LogP contribution is 2.51. The number of carboxylic acids is 1. The van der Waals surface area contributed by atoms with Gasteiger partial charge in [-0.15, -0.1) is 0 Å². The number of carbonyl (C=O) groups excluding carboxylic acids is 2. The fourth-order valence-electron chi connectivity index (χ4n) is 3.90. The Kier molecular flexibility index (Phi) is 2.72. The van der Waals surface area contributed by atoms with Crippen molar-refractivity contribution in [2.45, 2.75) is 25.2 Å². The summed E-state index contributed by atoms with van der Waals surface area (Å²) in [7, 11) is 0. The molecule has 3 aliphatic heterocycles. The number of benzene rings is 1. The smallest absolute Gasteiger partial charge is 0.230 e. The third-order valence-corrected chi connectivity index (χ3v) is 4.94. The molecule has 5 nitrogen and oxygen atoms in total. The lowest BCUT2D eigenvalue weighted by atomic mass is 9.77. The highest BCUT2D eigenvalue weighted by molar-refractivity contribution is 5.90. The summed E-state index contributed by atoms with van der Waals surface area (Å²) in [4.78, 5) is 25.8. The number of aliphatic carboxylic acids is 1. The van der Waals surface area contributed by atoms with Crippen molar-refractivity contribution in [1.29, 1.82) is 0 Å².